The number of carbonyl (C=O) groups excluding carboxylic acids is 1. The van der Waals surface area contributed by atoms with Gasteiger partial charge in [-0.25, -0.2) is 0 Å². The van der Waals surface area contributed by atoms with Gasteiger partial charge in [-0.05, 0) is 43.3 Å². The van der Waals surface area contributed by atoms with Crippen molar-refractivity contribution in [1.82, 2.24) is 4.98 Å². The summed E-state index contributed by atoms with van der Waals surface area (Å²) >= 11 is 0. The Balaban J connectivity index is 1.72. The van der Waals surface area contributed by atoms with Crippen LogP contribution in [0.3, 0.4) is 0 Å². The van der Waals surface area contributed by atoms with Crippen LogP contribution < -0.4 is 14.8 Å². The van der Waals surface area contributed by atoms with Gasteiger partial charge in [0, 0.05) is 6.20 Å². The number of amides is 1. The van der Waals surface area contributed by atoms with E-state index < -0.39 is 0 Å². The summed E-state index contributed by atoms with van der Waals surface area (Å²) < 4.78 is 10.9. The summed E-state index contributed by atoms with van der Waals surface area (Å²) in [6.07, 6.45) is 3.54. The van der Waals surface area contributed by atoms with E-state index >= 15 is 0 Å². The van der Waals surface area contributed by atoms with Gasteiger partial charge in [0.25, 0.3) is 0 Å². The molecular weight excluding hydrogens is 268 g/mol. The lowest BCUT2D eigenvalue weighted by Gasteiger charge is -2.08. The SMILES string of the molecule is CCOc1ccc(OCCC(=O)Nc2cccnc2)cc1. The predicted octanol–water partition coefficient (Wildman–Crippen LogP) is 2.89. The highest BCUT2D eigenvalue weighted by atomic mass is 16.5. The van der Waals surface area contributed by atoms with Crippen molar-refractivity contribution in [2.24, 2.45) is 0 Å². The van der Waals surface area contributed by atoms with Gasteiger partial charge in [-0.2, -0.15) is 0 Å². The number of hydrogen-bond donors (Lipinski definition) is 1. The molecule has 0 aliphatic heterocycles. The summed E-state index contributed by atoms with van der Waals surface area (Å²) in [6.45, 7) is 2.89. The fraction of sp³-hybridized carbons (Fsp3) is 0.250. The van der Waals surface area contributed by atoms with E-state index in [9.17, 15) is 4.79 Å². The number of aromatic nitrogens is 1. The molecule has 0 bridgehead atoms. The topological polar surface area (TPSA) is 60.5 Å². The highest BCUT2D eigenvalue weighted by Crippen LogP contribution is 2.17. The first-order valence-electron chi connectivity index (χ1n) is 6.83. The fourth-order valence-corrected chi connectivity index (χ4v) is 1.72. The Morgan fingerprint density at radius 2 is 1.86 bits per heavy atom. The molecule has 1 N–H and O–H groups in total. The van der Waals surface area contributed by atoms with Gasteiger partial charge in [0.05, 0.1) is 31.5 Å². The Bertz CT molecular complexity index is 555. The molecule has 0 aliphatic rings. The van der Waals surface area contributed by atoms with E-state index in [1.807, 2.05) is 31.2 Å². The number of nitrogens with one attached hydrogen (secondary N) is 1. The van der Waals surface area contributed by atoms with Crippen molar-refractivity contribution in [2.75, 3.05) is 18.5 Å². The Morgan fingerprint density at radius 1 is 1.14 bits per heavy atom. The molecule has 1 aromatic heterocycles. The number of pyridine rings is 1. The average Bonchev–Trinajstić information content (AvgIpc) is 2.50. The summed E-state index contributed by atoms with van der Waals surface area (Å²) in [5, 5.41) is 2.75. The second kappa shape index (κ2) is 7.89. The molecule has 0 atom stereocenters. The van der Waals surface area contributed by atoms with Gasteiger partial charge in [-0.15, -0.1) is 0 Å². The maximum Gasteiger partial charge on any atom is 0.227 e. The van der Waals surface area contributed by atoms with Crippen molar-refractivity contribution < 1.29 is 14.3 Å². The summed E-state index contributed by atoms with van der Waals surface area (Å²) in [6, 6.07) is 10.9. The zero-order valence-electron chi connectivity index (χ0n) is 11.9. The quantitative estimate of drug-likeness (QED) is 0.850. The van der Waals surface area contributed by atoms with Crippen LogP contribution in [0.25, 0.3) is 0 Å². The standard InChI is InChI=1S/C16H18N2O3/c1-2-20-14-5-7-15(8-6-14)21-11-9-16(19)18-13-4-3-10-17-12-13/h3-8,10,12H,2,9,11H2,1H3,(H,18,19). The molecule has 1 heterocycles. The molecule has 0 fully saturated rings. The minimum atomic E-state index is -0.103. The average molecular weight is 286 g/mol. The number of benzene rings is 1. The first-order chi connectivity index (χ1) is 10.3. The molecule has 0 saturated carbocycles. The maximum absolute atomic E-state index is 11.7. The molecule has 110 valence electrons. The lowest BCUT2D eigenvalue weighted by molar-refractivity contribution is -0.116. The summed E-state index contributed by atoms with van der Waals surface area (Å²) in [4.78, 5) is 15.6. The number of hydrogen-bond acceptors (Lipinski definition) is 4. The molecule has 5 heteroatoms. The zero-order chi connectivity index (χ0) is 14.9. The molecule has 2 aromatic rings. The lowest BCUT2D eigenvalue weighted by atomic mass is 10.3. The van der Waals surface area contributed by atoms with Crippen LogP contribution in [0.2, 0.25) is 0 Å². The van der Waals surface area contributed by atoms with Crippen LogP contribution in [-0.4, -0.2) is 24.1 Å². The number of anilines is 1. The number of nitrogens with zero attached hydrogens (tertiary/aromatic N) is 1. The Kier molecular flexibility index (Phi) is 5.58. The predicted molar refractivity (Wildman–Crippen MR) is 80.6 cm³/mol. The van der Waals surface area contributed by atoms with Gasteiger partial charge in [0.1, 0.15) is 11.5 Å². The maximum atomic E-state index is 11.7. The van der Waals surface area contributed by atoms with Gasteiger partial charge in [-0.3, -0.25) is 9.78 Å². The monoisotopic (exact) mass is 286 g/mol. The van der Waals surface area contributed by atoms with Crippen molar-refractivity contribution in [3.05, 3.63) is 48.8 Å². The lowest BCUT2D eigenvalue weighted by Crippen LogP contribution is -2.15. The minimum absolute atomic E-state index is 0.103. The van der Waals surface area contributed by atoms with E-state index in [1.54, 1.807) is 24.5 Å². The van der Waals surface area contributed by atoms with Crippen molar-refractivity contribution in [2.45, 2.75) is 13.3 Å². The molecule has 0 saturated heterocycles. The molecule has 21 heavy (non-hydrogen) atoms. The minimum Gasteiger partial charge on any atom is -0.494 e. The molecule has 0 unspecified atom stereocenters. The largest absolute Gasteiger partial charge is 0.494 e. The van der Waals surface area contributed by atoms with Gasteiger partial charge in [0.15, 0.2) is 0 Å². The molecule has 0 aliphatic carbocycles. The van der Waals surface area contributed by atoms with Crippen LogP contribution in [-0.2, 0) is 4.79 Å². The second-order valence-electron chi connectivity index (χ2n) is 4.29. The summed E-state index contributed by atoms with van der Waals surface area (Å²) in [7, 11) is 0. The third-order valence-electron chi connectivity index (χ3n) is 2.68. The third-order valence-corrected chi connectivity index (χ3v) is 2.68. The molecule has 0 radical (unpaired) electrons. The first-order valence-corrected chi connectivity index (χ1v) is 6.83. The van der Waals surface area contributed by atoms with E-state index in [-0.39, 0.29) is 12.3 Å². The third kappa shape index (κ3) is 5.14. The van der Waals surface area contributed by atoms with Crippen LogP contribution in [0.4, 0.5) is 5.69 Å². The number of carbonyl (C=O) groups is 1. The van der Waals surface area contributed by atoms with E-state index in [0.717, 1.165) is 5.75 Å². The molecule has 2 rings (SSSR count). The number of ether oxygens (including phenoxy) is 2. The van der Waals surface area contributed by atoms with Crippen LogP contribution in [0.15, 0.2) is 48.8 Å². The molecule has 1 amide bonds. The molecule has 5 nitrogen and oxygen atoms in total. The van der Waals surface area contributed by atoms with Crippen molar-refractivity contribution in [1.29, 1.82) is 0 Å². The second-order valence-corrected chi connectivity index (χ2v) is 4.29. The fourth-order valence-electron chi connectivity index (χ4n) is 1.72. The van der Waals surface area contributed by atoms with Crippen LogP contribution in [0.1, 0.15) is 13.3 Å². The van der Waals surface area contributed by atoms with Crippen LogP contribution in [0, 0.1) is 0 Å². The normalized spacial score (nSPS) is 9.95. The van der Waals surface area contributed by atoms with Gasteiger partial charge >= 0.3 is 0 Å². The van der Waals surface area contributed by atoms with Gasteiger partial charge < -0.3 is 14.8 Å². The molecule has 0 spiro atoms. The van der Waals surface area contributed by atoms with E-state index in [2.05, 4.69) is 10.3 Å². The van der Waals surface area contributed by atoms with Crippen molar-refractivity contribution >= 4 is 11.6 Å². The zero-order valence-corrected chi connectivity index (χ0v) is 11.9. The number of rotatable bonds is 7. The highest BCUT2D eigenvalue weighted by Gasteiger charge is 2.03. The van der Waals surface area contributed by atoms with Crippen molar-refractivity contribution in [3.8, 4) is 11.5 Å². The molecule has 1 aromatic carbocycles. The Hall–Kier alpha value is -2.56. The summed E-state index contributed by atoms with van der Waals surface area (Å²) in [5.41, 5.74) is 0.684. The van der Waals surface area contributed by atoms with Crippen LogP contribution in [0.5, 0.6) is 11.5 Å². The highest BCUT2D eigenvalue weighted by molar-refractivity contribution is 5.90. The van der Waals surface area contributed by atoms with E-state index in [1.165, 1.54) is 0 Å². The molecular formula is C16H18N2O3. The van der Waals surface area contributed by atoms with E-state index in [0.29, 0.717) is 24.7 Å². The van der Waals surface area contributed by atoms with Crippen LogP contribution >= 0.6 is 0 Å². The van der Waals surface area contributed by atoms with E-state index in [4.69, 9.17) is 9.47 Å². The smallest absolute Gasteiger partial charge is 0.227 e. The van der Waals surface area contributed by atoms with Gasteiger partial charge in [-0.1, -0.05) is 0 Å². The van der Waals surface area contributed by atoms with Crippen molar-refractivity contribution in [3.63, 3.8) is 0 Å². The first kappa shape index (κ1) is 14.8. The summed E-state index contributed by atoms with van der Waals surface area (Å²) in [5.74, 6) is 1.42. The Labute approximate surface area is 123 Å². The van der Waals surface area contributed by atoms with Gasteiger partial charge in [0.2, 0.25) is 5.91 Å². The Morgan fingerprint density at radius 3 is 2.48 bits per heavy atom.